The molecule has 5 heteroatoms. The molecule has 4 nitrogen and oxygen atoms in total. The van der Waals surface area contributed by atoms with Crippen LogP contribution in [-0.4, -0.2) is 19.1 Å². The van der Waals surface area contributed by atoms with Crippen molar-refractivity contribution in [1.82, 2.24) is 0 Å². The Bertz CT molecular complexity index is 695. The second-order valence-electron chi connectivity index (χ2n) is 5.77. The first-order valence-electron chi connectivity index (χ1n) is 7.49. The van der Waals surface area contributed by atoms with E-state index >= 15 is 0 Å². The van der Waals surface area contributed by atoms with Crippen LogP contribution < -0.4 is 15.8 Å². The molecule has 122 valence electrons. The van der Waals surface area contributed by atoms with Gasteiger partial charge in [0.1, 0.15) is 5.75 Å². The number of guanidine groups is 1. The minimum atomic E-state index is 0. The summed E-state index contributed by atoms with van der Waals surface area (Å²) in [5.41, 5.74) is 10.6. The summed E-state index contributed by atoms with van der Waals surface area (Å²) in [4.78, 5) is 4.46. The van der Waals surface area contributed by atoms with E-state index in [-0.39, 0.29) is 29.9 Å². The van der Waals surface area contributed by atoms with E-state index in [0.29, 0.717) is 19.1 Å². The van der Waals surface area contributed by atoms with Gasteiger partial charge in [-0.3, -0.25) is 4.99 Å². The fourth-order valence-electron chi connectivity index (χ4n) is 2.82. The smallest absolute Gasteiger partial charge is 0.193 e. The number of fused-ring (bicyclic) bond motifs is 1. The molecule has 0 spiro atoms. The van der Waals surface area contributed by atoms with Crippen molar-refractivity contribution in [1.29, 1.82) is 0 Å². The zero-order chi connectivity index (χ0) is 15.5. The van der Waals surface area contributed by atoms with Gasteiger partial charge in [0.25, 0.3) is 0 Å². The number of ether oxygens (including phenoxy) is 1. The van der Waals surface area contributed by atoms with Gasteiger partial charge in [-0.2, -0.15) is 0 Å². The minimum absolute atomic E-state index is 0. The Morgan fingerprint density at radius 1 is 1.22 bits per heavy atom. The van der Waals surface area contributed by atoms with E-state index in [1.807, 2.05) is 18.2 Å². The third-order valence-electron chi connectivity index (χ3n) is 3.77. The second-order valence-corrected chi connectivity index (χ2v) is 5.77. The topological polar surface area (TPSA) is 59.6 Å². The van der Waals surface area contributed by atoms with Gasteiger partial charge in [0.15, 0.2) is 5.96 Å². The Morgan fingerprint density at radius 2 is 1.91 bits per heavy atom. The number of aliphatic imine (C=N–C) groups is 1. The van der Waals surface area contributed by atoms with Crippen LogP contribution in [0.4, 0.5) is 5.69 Å². The van der Waals surface area contributed by atoms with Crippen LogP contribution in [0.15, 0.2) is 47.5 Å². The summed E-state index contributed by atoms with van der Waals surface area (Å²) >= 11 is 0. The molecule has 0 amide bonds. The molecule has 1 aliphatic heterocycles. The van der Waals surface area contributed by atoms with E-state index in [9.17, 15) is 0 Å². The molecule has 0 radical (unpaired) electrons. The van der Waals surface area contributed by atoms with Crippen LogP contribution >= 0.6 is 24.0 Å². The van der Waals surface area contributed by atoms with E-state index in [0.717, 1.165) is 11.4 Å². The standard InChI is InChI=1S/C18H21N3O.HI/c1-12-7-13(2)9-15(8-12)21-18(19)20-10-14-11-22-17-6-4-3-5-16(14)17;/h3-9,14H,10-11H2,1-2H3,(H3,19,20,21);1H. The monoisotopic (exact) mass is 423 g/mol. The van der Waals surface area contributed by atoms with Gasteiger partial charge in [-0.1, -0.05) is 24.3 Å². The van der Waals surface area contributed by atoms with Gasteiger partial charge >= 0.3 is 0 Å². The van der Waals surface area contributed by atoms with E-state index in [2.05, 4.69) is 48.4 Å². The maximum atomic E-state index is 6.00. The molecule has 3 rings (SSSR count). The van der Waals surface area contributed by atoms with Gasteiger partial charge in [-0.25, -0.2) is 0 Å². The van der Waals surface area contributed by atoms with E-state index in [4.69, 9.17) is 10.5 Å². The summed E-state index contributed by atoms with van der Waals surface area (Å²) in [5.74, 6) is 1.67. The molecule has 0 aromatic heterocycles. The number of rotatable bonds is 3. The van der Waals surface area contributed by atoms with E-state index in [1.165, 1.54) is 16.7 Å². The molecule has 2 aromatic rings. The first-order chi connectivity index (χ1) is 10.6. The first kappa shape index (κ1) is 17.6. The molecule has 0 bridgehead atoms. The Hall–Kier alpha value is -1.76. The maximum absolute atomic E-state index is 6.00. The van der Waals surface area contributed by atoms with Crippen molar-refractivity contribution in [2.75, 3.05) is 18.5 Å². The summed E-state index contributed by atoms with van der Waals surface area (Å²) in [6.45, 7) is 5.43. The number of nitrogens with one attached hydrogen (secondary N) is 1. The van der Waals surface area contributed by atoms with Crippen LogP contribution in [0.5, 0.6) is 5.75 Å². The Kier molecular flexibility index (Phi) is 5.87. The van der Waals surface area contributed by atoms with Crippen molar-refractivity contribution in [2.45, 2.75) is 19.8 Å². The predicted octanol–water partition coefficient (Wildman–Crippen LogP) is 3.82. The van der Waals surface area contributed by atoms with E-state index in [1.54, 1.807) is 0 Å². The van der Waals surface area contributed by atoms with Crippen LogP contribution in [0.2, 0.25) is 0 Å². The number of hydrogen-bond acceptors (Lipinski definition) is 2. The molecular formula is C18H22IN3O. The van der Waals surface area contributed by atoms with Crippen LogP contribution in [0, 0.1) is 13.8 Å². The quantitative estimate of drug-likeness (QED) is 0.448. The molecule has 0 saturated heterocycles. The lowest BCUT2D eigenvalue weighted by molar-refractivity contribution is 0.333. The van der Waals surface area contributed by atoms with Crippen molar-refractivity contribution in [3.8, 4) is 5.75 Å². The van der Waals surface area contributed by atoms with E-state index < -0.39 is 0 Å². The molecule has 1 heterocycles. The third-order valence-corrected chi connectivity index (χ3v) is 3.77. The van der Waals surface area contributed by atoms with Gasteiger partial charge in [-0.15, -0.1) is 24.0 Å². The van der Waals surface area contributed by atoms with Crippen LogP contribution in [0.3, 0.4) is 0 Å². The fourth-order valence-corrected chi connectivity index (χ4v) is 2.82. The molecule has 1 aliphatic rings. The zero-order valence-electron chi connectivity index (χ0n) is 13.4. The van der Waals surface area contributed by atoms with Gasteiger partial charge in [-0.05, 0) is 43.2 Å². The third kappa shape index (κ3) is 4.37. The van der Waals surface area contributed by atoms with Crippen molar-refractivity contribution < 1.29 is 4.74 Å². The molecule has 1 atom stereocenters. The maximum Gasteiger partial charge on any atom is 0.193 e. The number of aryl methyl sites for hydroxylation is 2. The average Bonchev–Trinajstić information content (AvgIpc) is 2.87. The highest BCUT2D eigenvalue weighted by Gasteiger charge is 2.23. The number of halogens is 1. The second kappa shape index (κ2) is 7.68. The number of benzene rings is 2. The molecule has 0 saturated carbocycles. The number of para-hydroxylation sites is 1. The normalized spacial score (nSPS) is 16.3. The van der Waals surface area contributed by atoms with Crippen LogP contribution in [-0.2, 0) is 0 Å². The summed E-state index contributed by atoms with van der Waals surface area (Å²) in [7, 11) is 0. The van der Waals surface area contributed by atoms with Gasteiger partial charge < -0.3 is 15.8 Å². The first-order valence-corrected chi connectivity index (χ1v) is 7.49. The van der Waals surface area contributed by atoms with Crippen molar-refractivity contribution >= 4 is 35.6 Å². The zero-order valence-corrected chi connectivity index (χ0v) is 15.7. The van der Waals surface area contributed by atoms with Gasteiger partial charge in [0.05, 0.1) is 13.2 Å². The van der Waals surface area contributed by atoms with Crippen LogP contribution in [0.25, 0.3) is 0 Å². The van der Waals surface area contributed by atoms with Crippen LogP contribution in [0.1, 0.15) is 22.6 Å². The van der Waals surface area contributed by atoms with Crippen molar-refractivity contribution in [3.05, 3.63) is 59.2 Å². The van der Waals surface area contributed by atoms with Crippen molar-refractivity contribution in [3.63, 3.8) is 0 Å². The molecule has 0 aliphatic carbocycles. The summed E-state index contributed by atoms with van der Waals surface area (Å²) in [6.07, 6.45) is 0. The molecule has 2 aromatic carbocycles. The largest absolute Gasteiger partial charge is 0.493 e. The average molecular weight is 423 g/mol. The lowest BCUT2D eigenvalue weighted by Gasteiger charge is -2.09. The molecule has 3 N–H and O–H groups in total. The highest BCUT2D eigenvalue weighted by molar-refractivity contribution is 14.0. The number of anilines is 1. The van der Waals surface area contributed by atoms with Crippen molar-refractivity contribution in [2.24, 2.45) is 10.7 Å². The molecule has 0 fully saturated rings. The lowest BCUT2D eigenvalue weighted by atomic mass is 10.0. The number of nitrogens with zero attached hydrogens (tertiary/aromatic N) is 1. The highest BCUT2D eigenvalue weighted by atomic mass is 127. The Balaban J connectivity index is 0.00000192. The Morgan fingerprint density at radius 3 is 2.65 bits per heavy atom. The number of nitrogens with two attached hydrogens (primary N) is 1. The fraction of sp³-hybridized carbons (Fsp3) is 0.278. The summed E-state index contributed by atoms with van der Waals surface area (Å²) in [5, 5.41) is 3.16. The summed E-state index contributed by atoms with van der Waals surface area (Å²) < 4.78 is 5.66. The summed E-state index contributed by atoms with van der Waals surface area (Å²) in [6, 6.07) is 14.4. The molecular weight excluding hydrogens is 401 g/mol. The molecule has 1 unspecified atom stereocenters. The SMILES string of the molecule is Cc1cc(C)cc(NC(N)=NCC2COc3ccccc32)c1.I. The van der Waals surface area contributed by atoms with Gasteiger partial charge in [0, 0.05) is 17.2 Å². The van der Waals surface area contributed by atoms with Gasteiger partial charge in [0.2, 0.25) is 0 Å². The number of hydrogen-bond donors (Lipinski definition) is 2. The highest BCUT2D eigenvalue weighted by Crippen LogP contribution is 2.33. The minimum Gasteiger partial charge on any atom is -0.493 e. The lowest BCUT2D eigenvalue weighted by Crippen LogP contribution is -2.24. The molecule has 23 heavy (non-hydrogen) atoms. The predicted molar refractivity (Wildman–Crippen MR) is 106 cm³/mol. The Labute approximate surface area is 154 Å².